The molecule has 0 heterocycles. The van der Waals surface area contributed by atoms with Gasteiger partial charge in [0.1, 0.15) is 6.10 Å². The zero-order valence-electron chi connectivity index (χ0n) is 19.2. The highest BCUT2D eigenvalue weighted by Gasteiger charge is 2.74. The van der Waals surface area contributed by atoms with Crippen molar-refractivity contribution in [2.45, 2.75) is 55.3 Å². The molecule has 5 heteroatoms. The minimum absolute atomic E-state index is 0.0280. The number of amides is 1. The minimum Gasteiger partial charge on any atom is -0.446 e. The van der Waals surface area contributed by atoms with Crippen LogP contribution in [0, 0.1) is 0 Å². The van der Waals surface area contributed by atoms with Gasteiger partial charge in [-0.3, -0.25) is 5.32 Å². The maximum Gasteiger partial charge on any atom is 0.411 e. The zero-order chi connectivity index (χ0) is 23.1. The van der Waals surface area contributed by atoms with Crippen molar-refractivity contribution in [3.63, 3.8) is 0 Å². The van der Waals surface area contributed by atoms with Gasteiger partial charge >= 0.3 is 6.09 Å². The maximum absolute atomic E-state index is 13.0. The van der Waals surface area contributed by atoms with Crippen LogP contribution in [-0.4, -0.2) is 20.3 Å². The summed E-state index contributed by atoms with van der Waals surface area (Å²) in [5.41, 5.74) is 2.23. The number of hydrogen-bond donors (Lipinski definition) is 1. The normalized spacial score (nSPS) is 26.2. The Bertz CT molecular complexity index is 1140. The topological polar surface area (TPSA) is 38.3 Å². The molecule has 3 nitrogen and oxygen atoms in total. The van der Waals surface area contributed by atoms with Crippen LogP contribution in [0.15, 0.2) is 89.4 Å². The first-order valence-corrected chi connectivity index (χ1v) is 15.5. The second kappa shape index (κ2) is 8.44. The lowest BCUT2D eigenvalue weighted by Gasteiger charge is -2.64. The van der Waals surface area contributed by atoms with E-state index in [1.54, 1.807) is 0 Å². The highest BCUT2D eigenvalue weighted by Crippen LogP contribution is 2.76. The lowest BCUT2D eigenvalue weighted by atomic mass is 9.57. The molecule has 2 fully saturated rings. The van der Waals surface area contributed by atoms with Crippen molar-refractivity contribution in [1.82, 2.24) is 0 Å². The highest BCUT2D eigenvalue weighted by molar-refractivity contribution is 9.10. The van der Waals surface area contributed by atoms with Crippen LogP contribution in [0.3, 0.4) is 0 Å². The highest BCUT2D eigenvalue weighted by atomic mass is 79.9. The summed E-state index contributed by atoms with van der Waals surface area (Å²) in [5.74, 6) is 0. The summed E-state index contributed by atoms with van der Waals surface area (Å²) >= 11 is 3.44. The van der Waals surface area contributed by atoms with Gasteiger partial charge in [0.15, 0.2) is 0 Å². The number of hydrogen-bond acceptors (Lipinski definition) is 2. The van der Waals surface area contributed by atoms with E-state index in [2.05, 4.69) is 95.0 Å². The van der Waals surface area contributed by atoms with Crippen molar-refractivity contribution < 1.29 is 9.53 Å². The van der Waals surface area contributed by atoms with Crippen LogP contribution in [0.2, 0.25) is 18.1 Å². The second-order valence-electron chi connectivity index (χ2n) is 9.98. The monoisotopic (exact) mass is 519 g/mol. The van der Waals surface area contributed by atoms with E-state index in [9.17, 15) is 4.79 Å². The molecule has 0 unspecified atom stereocenters. The van der Waals surface area contributed by atoms with Crippen LogP contribution in [0.4, 0.5) is 10.5 Å². The molecule has 170 valence electrons. The predicted molar refractivity (Wildman–Crippen MR) is 141 cm³/mol. The SMILES string of the molecule is C[Si](C)(c1ccccc1)[C@]12CC[C@@]1(c1ccccc1)CC[C@H]2OC(=O)Nc1ccc(Br)cc1. The first-order valence-electron chi connectivity index (χ1n) is 11.7. The van der Waals surface area contributed by atoms with Crippen LogP contribution >= 0.6 is 15.9 Å². The van der Waals surface area contributed by atoms with Crippen molar-refractivity contribution in [2.75, 3.05) is 5.32 Å². The molecule has 5 rings (SSSR count). The second-order valence-corrected chi connectivity index (χ2v) is 15.6. The quantitative estimate of drug-likeness (QED) is 0.360. The summed E-state index contributed by atoms with van der Waals surface area (Å²) in [4.78, 5) is 13.0. The van der Waals surface area contributed by atoms with Gasteiger partial charge in [0.25, 0.3) is 0 Å². The average Bonchev–Trinajstić information content (AvgIpc) is 3.03. The number of halogens is 1. The largest absolute Gasteiger partial charge is 0.446 e. The van der Waals surface area contributed by atoms with Crippen molar-refractivity contribution in [3.05, 3.63) is 95.0 Å². The van der Waals surface area contributed by atoms with Crippen molar-refractivity contribution in [3.8, 4) is 0 Å². The molecule has 0 radical (unpaired) electrons. The van der Waals surface area contributed by atoms with E-state index in [-0.39, 0.29) is 22.7 Å². The van der Waals surface area contributed by atoms with E-state index >= 15 is 0 Å². The van der Waals surface area contributed by atoms with E-state index in [0.29, 0.717) is 0 Å². The van der Waals surface area contributed by atoms with Crippen LogP contribution in [0.5, 0.6) is 0 Å². The van der Waals surface area contributed by atoms with Crippen LogP contribution in [0.1, 0.15) is 31.2 Å². The Hall–Kier alpha value is -2.37. The molecule has 1 N–H and O–H groups in total. The Morgan fingerprint density at radius 1 is 0.909 bits per heavy atom. The Labute approximate surface area is 205 Å². The Morgan fingerprint density at radius 3 is 2.15 bits per heavy atom. The molecule has 3 aromatic rings. The van der Waals surface area contributed by atoms with Crippen molar-refractivity contribution in [2.24, 2.45) is 0 Å². The van der Waals surface area contributed by atoms with Crippen LogP contribution < -0.4 is 10.5 Å². The van der Waals surface area contributed by atoms with Gasteiger partial charge in [0.2, 0.25) is 0 Å². The average molecular weight is 521 g/mol. The molecule has 0 aliphatic heterocycles. The fourth-order valence-electron chi connectivity index (χ4n) is 6.84. The van der Waals surface area contributed by atoms with Gasteiger partial charge in [0.05, 0.1) is 8.07 Å². The number of carbonyl (C=O) groups excluding carboxylic acids is 1. The summed E-state index contributed by atoms with van der Waals surface area (Å²) < 4.78 is 7.29. The molecular formula is C28H30BrNO2Si. The number of nitrogens with one attached hydrogen (secondary N) is 1. The van der Waals surface area contributed by atoms with Crippen molar-refractivity contribution >= 4 is 41.0 Å². The van der Waals surface area contributed by atoms with Gasteiger partial charge < -0.3 is 4.74 Å². The first-order chi connectivity index (χ1) is 15.9. The summed E-state index contributed by atoms with van der Waals surface area (Å²) in [7, 11) is -2.04. The number of anilines is 1. The molecule has 0 bridgehead atoms. The number of ether oxygens (including phenoxy) is 1. The molecule has 1 amide bonds. The van der Waals surface area contributed by atoms with E-state index in [1.165, 1.54) is 10.8 Å². The molecule has 0 aromatic heterocycles. The fourth-order valence-corrected chi connectivity index (χ4v) is 12.0. The lowest BCUT2D eigenvalue weighted by Crippen LogP contribution is -2.68. The smallest absolute Gasteiger partial charge is 0.411 e. The van der Waals surface area contributed by atoms with Gasteiger partial charge in [-0.1, -0.05) is 94.9 Å². The van der Waals surface area contributed by atoms with E-state index in [0.717, 1.165) is 35.8 Å². The Morgan fingerprint density at radius 2 is 1.55 bits per heavy atom. The first kappa shape index (κ1) is 22.4. The molecule has 2 saturated carbocycles. The summed E-state index contributed by atoms with van der Waals surface area (Å²) in [6.45, 7) is 4.96. The number of rotatable bonds is 5. The predicted octanol–water partition coefficient (Wildman–Crippen LogP) is 7.25. The fraction of sp³-hybridized carbons (Fsp3) is 0.321. The van der Waals surface area contributed by atoms with Gasteiger partial charge in [-0.2, -0.15) is 0 Å². The molecule has 0 spiro atoms. The van der Waals surface area contributed by atoms with Crippen molar-refractivity contribution in [1.29, 1.82) is 0 Å². The van der Waals surface area contributed by atoms with Crippen LogP contribution in [0.25, 0.3) is 0 Å². The summed E-state index contributed by atoms with van der Waals surface area (Å²) in [6, 6.07) is 29.5. The third kappa shape index (κ3) is 3.48. The molecule has 3 atom stereocenters. The van der Waals surface area contributed by atoms with Gasteiger partial charge in [-0.05, 0) is 55.5 Å². The zero-order valence-corrected chi connectivity index (χ0v) is 21.8. The van der Waals surface area contributed by atoms with Gasteiger partial charge in [0, 0.05) is 20.6 Å². The number of benzene rings is 3. The molecule has 33 heavy (non-hydrogen) atoms. The minimum atomic E-state index is -2.04. The number of fused-ring (bicyclic) bond motifs is 1. The molecular weight excluding hydrogens is 490 g/mol. The molecule has 0 saturated heterocycles. The number of carbonyl (C=O) groups is 1. The standard InChI is InChI=1S/C28H30BrNO2Si/c1-33(2,24-11-7-4-8-12-24)28-20-19-27(28,21-9-5-3-6-10-21)18-17-25(28)32-26(31)30-23-15-13-22(29)14-16-23/h3-16,25H,17-20H2,1-2H3,(H,30,31)/t25-,27-,28+/m1/s1. The Kier molecular flexibility index (Phi) is 5.74. The molecule has 2 aliphatic carbocycles. The molecule has 2 aliphatic rings. The summed E-state index contributed by atoms with van der Waals surface area (Å²) in [6.07, 6.45) is 3.79. The van der Waals surface area contributed by atoms with Gasteiger partial charge in [-0.25, -0.2) is 4.79 Å². The van der Waals surface area contributed by atoms with E-state index in [4.69, 9.17) is 4.74 Å². The lowest BCUT2D eigenvalue weighted by molar-refractivity contribution is 0.0378. The summed E-state index contributed by atoms with van der Waals surface area (Å²) in [5, 5.41) is 4.36. The third-order valence-electron chi connectivity index (χ3n) is 8.46. The maximum atomic E-state index is 13.0. The third-order valence-corrected chi connectivity index (χ3v) is 14.0. The van der Waals surface area contributed by atoms with E-state index in [1.807, 2.05) is 24.3 Å². The Balaban J connectivity index is 1.51. The van der Waals surface area contributed by atoms with Gasteiger partial charge in [-0.15, -0.1) is 0 Å². The molecule has 3 aromatic carbocycles. The van der Waals surface area contributed by atoms with Crippen LogP contribution in [-0.2, 0) is 10.2 Å². The van der Waals surface area contributed by atoms with E-state index < -0.39 is 8.07 Å².